The molecule has 2 aromatic heterocycles. The van der Waals surface area contributed by atoms with Crippen LogP contribution in [0.4, 0.5) is 0 Å². The molecule has 6 heteroatoms. The van der Waals surface area contributed by atoms with E-state index < -0.39 is 0 Å². The first kappa shape index (κ1) is 15.3. The first-order valence-electron chi connectivity index (χ1n) is 7.53. The van der Waals surface area contributed by atoms with Gasteiger partial charge in [0.15, 0.2) is 5.82 Å². The van der Waals surface area contributed by atoms with E-state index in [2.05, 4.69) is 67.7 Å². The lowest BCUT2D eigenvalue weighted by Gasteiger charge is -2.09. The van der Waals surface area contributed by atoms with Crippen molar-refractivity contribution < 1.29 is 4.74 Å². The third kappa shape index (κ3) is 2.62. The summed E-state index contributed by atoms with van der Waals surface area (Å²) in [5.41, 5.74) is 3.96. The molecule has 23 heavy (non-hydrogen) atoms. The van der Waals surface area contributed by atoms with E-state index in [9.17, 15) is 0 Å². The van der Waals surface area contributed by atoms with Gasteiger partial charge in [-0.3, -0.25) is 4.57 Å². The largest absolute Gasteiger partial charge is 0.366 e. The number of fused-ring (bicyclic) bond motifs is 3. The van der Waals surface area contributed by atoms with Crippen molar-refractivity contribution in [3.63, 3.8) is 0 Å². The molecule has 0 N–H and O–H groups in total. The van der Waals surface area contributed by atoms with E-state index in [-0.39, 0.29) is 6.10 Å². The predicted molar refractivity (Wildman–Crippen MR) is 99.1 cm³/mol. The summed E-state index contributed by atoms with van der Waals surface area (Å²) in [5, 5.41) is 9.77. The van der Waals surface area contributed by atoms with Crippen molar-refractivity contribution >= 4 is 33.9 Å². The summed E-state index contributed by atoms with van der Waals surface area (Å²) < 4.78 is 9.52. The molecule has 0 aliphatic carbocycles. The Hall–Kier alpha value is -1.25. The number of hydrogen-bond acceptors (Lipinski definition) is 4. The highest BCUT2D eigenvalue weighted by molar-refractivity contribution is 14.1. The van der Waals surface area contributed by atoms with Gasteiger partial charge in [0.25, 0.3) is 0 Å². The van der Waals surface area contributed by atoms with Crippen molar-refractivity contribution in [1.82, 2.24) is 14.8 Å². The number of rotatable bonds is 2. The number of thiophene rings is 1. The minimum Gasteiger partial charge on any atom is -0.366 e. The fourth-order valence-corrected chi connectivity index (χ4v) is 5.19. The second-order valence-electron chi connectivity index (χ2n) is 5.69. The number of ether oxygens (including phenoxy) is 1. The Labute approximate surface area is 152 Å². The number of hydrogen-bond donors (Lipinski definition) is 0. The average molecular weight is 437 g/mol. The van der Waals surface area contributed by atoms with Crippen molar-refractivity contribution in [2.24, 2.45) is 0 Å². The van der Waals surface area contributed by atoms with Crippen molar-refractivity contribution in [2.75, 3.05) is 0 Å². The third-order valence-corrected chi connectivity index (χ3v) is 6.52. The van der Waals surface area contributed by atoms with Crippen LogP contribution < -0.4 is 0 Å². The Balaban J connectivity index is 1.85. The molecule has 0 radical (unpaired) electrons. The quantitative estimate of drug-likeness (QED) is 0.558. The summed E-state index contributed by atoms with van der Waals surface area (Å²) >= 11 is 4.25. The summed E-state index contributed by atoms with van der Waals surface area (Å²) in [7, 11) is 0. The lowest BCUT2D eigenvalue weighted by Crippen LogP contribution is -2.04. The molecule has 0 fully saturated rings. The zero-order valence-electron chi connectivity index (χ0n) is 12.9. The topological polar surface area (TPSA) is 39.9 Å². The molecule has 4 nitrogen and oxygen atoms in total. The van der Waals surface area contributed by atoms with Crippen LogP contribution in [0.15, 0.2) is 30.3 Å². The molecular formula is C17H16IN3OS. The van der Waals surface area contributed by atoms with Gasteiger partial charge >= 0.3 is 0 Å². The van der Waals surface area contributed by atoms with Crippen molar-refractivity contribution in [3.05, 3.63) is 61.6 Å². The molecule has 1 atom stereocenters. The number of aromatic nitrogens is 3. The first-order chi connectivity index (χ1) is 11.1. The first-order valence-corrected chi connectivity index (χ1v) is 9.42. The fraction of sp³-hybridized carbons (Fsp3) is 0.294. The number of nitrogens with zero attached hydrogens (tertiary/aromatic N) is 3. The Morgan fingerprint density at radius 1 is 1.30 bits per heavy atom. The molecule has 3 heterocycles. The number of halogens is 1. The fourth-order valence-electron chi connectivity index (χ4n) is 2.94. The van der Waals surface area contributed by atoms with Crippen LogP contribution in [0.3, 0.4) is 0 Å². The SMILES string of the molecule is Cc1nnc2n1-c1sc(I)c(Cc3ccccc3)c1CO[C@H]2C. The summed E-state index contributed by atoms with van der Waals surface area (Å²) in [6.45, 7) is 4.67. The van der Waals surface area contributed by atoms with Gasteiger partial charge in [-0.25, -0.2) is 0 Å². The maximum Gasteiger partial charge on any atom is 0.167 e. The molecule has 0 saturated carbocycles. The van der Waals surface area contributed by atoms with Gasteiger partial charge in [0.2, 0.25) is 0 Å². The van der Waals surface area contributed by atoms with Crippen LogP contribution in [-0.4, -0.2) is 14.8 Å². The maximum absolute atomic E-state index is 6.04. The van der Waals surface area contributed by atoms with Crippen molar-refractivity contribution in [2.45, 2.75) is 33.0 Å². The summed E-state index contributed by atoms with van der Waals surface area (Å²) in [6.07, 6.45) is 0.886. The molecule has 3 aromatic rings. The molecule has 0 unspecified atom stereocenters. The number of aryl methyl sites for hydroxylation is 1. The predicted octanol–water partition coefficient (Wildman–Crippen LogP) is 4.42. The van der Waals surface area contributed by atoms with Crippen LogP contribution in [-0.2, 0) is 17.8 Å². The van der Waals surface area contributed by atoms with Crippen LogP contribution in [0.2, 0.25) is 0 Å². The summed E-state index contributed by atoms with van der Waals surface area (Å²) in [6, 6.07) is 10.6. The van der Waals surface area contributed by atoms with Gasteiger partial charge in [-0.2, -0.15) is 0 Å². The molecule has 1 aliphatic rings. The molecule has 1 aliphatic heterocycles. The van der Waals surface area contributed by atoms with E-state index in [1.54, 1.807) is 11.3 Å². The maximum atomic E-state index is 6.04. The van der Waals surface area contributed by atoms with Crippen molar-refractivity contribution in [3.8, 4) is 5.00 Å². The van der Waals surface area contributed by atoms with E-state index in [4.69, 9.17) is 4.74 Å². The van der Waals surface area contributed by atoms with Crippen LogP contribution in [0.25, 0.3) is 5.00 Å². The van der Waals surface area contributed by atoms with Crippen LogP contribution in [0.5, 0.6) is 0 Å². The Kier molecular flexibility index (Phi) is 3.98. The molecule has 0 spiro atoms. The second kappa shape index (κ2) is 5.99. The lowest BCUT2D eigenvalue weighted by atomic mass is 10.0. The van der Waals surface area contributed by atoms with Gasteiger partial charge in [0.05, 0.1) is 9.49 Å². The van der Waals surface area contributed by atoms with Gasteiger partial charge in [-0.15, -0.1) is 21.5 Å². The highest BCUT2D eigenvalue weighted by atomic mass is 127. The molecule has 118 valence electrons. The standard InChI is InChI=1S/C17H16IN3OS/c1-10-16-20-19-11(2)21(16)17-14(9-22-10)13(15(18)23-17)8-12-6-4-3-5-7-12/h3-7,10H,8-9H2,1-2H3/t10-/m0/s1. The zero-order chi connectivity index (χ0) is 16.0. The highest BCUT2D eigenvalue weighted by Crippen LogP contribution is 2.39. The highest BCUT2D eigenvalue weighted by Gasteiger charge is 2.28. The van der Waals surface area contributed by atoms with Crippen molar-refractivity contribution in [1.29, 1.82) is 0 Å². The van der Waals surface area contributed by atoms with E-state index in [0.29, 0.717) is 6.61 Å². The summed E-state index contributed by atoms with van der Waals surface area (Å²) in [5.74, 6) is 1.81. The van der Waals surface area contributed by atoms with Gasteiger partial charge in [-0.1, -0.05) is 30.3 Å². The van der Waals surface area contributed by atoms with E-state index in [0.717, 1.165) is 18.1 Å². The van der Waals surface area contributed by atoms with E-state index >= 15 is 0 Å². The van der Waals surface area contributed by atoms with Gasteiger partial charge < -0.3 is 4.74 Å². The van der Waals surface area contributed by atoms with Crippen LogP contribution in [0.1, 0.15) is 41.4 Å². The van der Waals surface area contributed by atoms with Gasteiger partial charge in [0, 0.05) is 5.56 Å². The molecule has 1 aromatic carbocycles. The molecule has 0 amide bonds. The Morgan fingerprint density at radius 3 is 2.87 bits per heavy atom. The van der Waals surface area contributed by atoms with Gasteiger partial charge in [0.1, 0.15) is 16.9 Å². The summed E-state index contributed by atoms with van der Waals surface area (Å²) in [4.78, 5) is 0. The lowest BCUT2D eigenvalue weighted by molar-refractivity contribution is 0.0493. The minimum atomic E-state index is -0.0435. The zero-order valence-corrected chi connectivity index (χ0v) is 15.9. The molecule has 0 saturated heterocycles. The second-order valence-corrected chi connectivity index (χ2v) is 8.50. The van der Waals surface area contributed by atoms with Crippen LogP contribution in [0, 0.1) is 9.81 Å². The Bertz CT molecular complexity index is 856. The van der Waals surface area contributed by atoms with Gasteiger partial charge in [-0.05, 0) is 54.0 Å². The molecule has 0 bridgehead atoms. The molecule has 4 rings (SSSR count). The normalized spacial score (nSPS) is 16.7. The monoisotopic (exact) mass is 437 g/mol. The van der Waals surface area contributed by atoms with E-state index in [1.807, 2.05) is 13.8 Å². The third-order valence-electron chi connectivity index (χ3n) is 4.16. The van der Waals surface area contributed by atoms with E-state index in [1.165, 1.54) is 24.6 Å². The average Bonchev–Trinajstić information content (AvgIpc) is 3.03. The number of benzene rings is 1. The Morgan fingerprint density at radius 2 is 2.09 bits per heavy atom. The van der Waals surface area contributed by atoms with Crippen LogP contribution >= 0.6 is 33.9 Å². The molecular weight excluding hydrogens is 421 g/mol. The smallest absolute Gasteiger partial charge is 0.167 e. The minimum absolute atomic E-state index is 0.0435.